The molecular formula is C18H17ClN2O5S. The summed E-state index contributed by atoms with van der Waals surface area (Å²) in [4.78, 5) is 34.1. The lowest BCUT2D eigenvalue weighted by Crippen LogP contribution is -2.30. The Morgan fingerprint density at radius 3 is 2.63 bits per heavy atom. The number of esters is 1. The number of nitro benzene ring substituents is 1. The molecule has 1 atom stereocenters. The minimum atomic E-state index is -1.02. The number of hydrogen-bond donors (Lipinski definition) is 1. The van der Waals surface area contributed by atoms with Crippen LogP contribution in [0, 0.1) is 10.1 Å². The molecule has 0 bridgehead atoms. The molecule has 0 spiro atoms. The molecule has 0 heterocycles. The van der Waals surface area contributed by atoms with Crippen molar-refractivity contribution < 1.29 is 19.2 Å². The SMILES string of the molecule is C[C@H](OC(=O)CSCc1ccc(Cl)cc1)C(=O)Nc1cccc([N+](=O)[O-])c1. The van der Waals surface area contributed by atoms with Crippen molar-refractivity contribution in [1.82, 2.24) is 0 Å². The maximum absolute atomic E-state index is 12.1. The predicted octanol–water partition coefficient (Wildman–Crippen LogP) is 4.05. The Labute approximate surface area is 165 Å². The zero-order valence-corrected chi connectivity index (χ0v) is 16.0. The van der Waals surface area contributed by atoms with Gasteiger partial charge >= 0.3 is 5.97 Å². The Balaban J connectivity index is 1.77. The van der Waals surface area contributed by atoms with E-state index in [1.807, 2.05) is 12.1 Å². The molecule has 27 heavy (non-hydrogen) atoms. The fourth-order valence-electron chi connectivity index (χ4n) is 2.06. The molecule has 0 aliphatic rings. The predicted molar refractivity (Wildman–Crippen MR) is 105 cm³/mol. The third kappa shape index (κ3) is 6.92. The van der Waals surface area contributed by atoms with Crippen LogP contribution in [0.15, 0.2) is 48.5 Å². The van der Waals surface area contributed by atoms with Gasteiger partial charge in [0.2, 0.25) is 0 Å². The van der Waals surface area contributed by atoms with Crippen LogP contribution in [0.5, 0.6) is 0 Å². The highest BCUT2D eigenvalue weighted by Gasteiger charge is 2.18. The molecule has 1 amide bonds. The van der Waals surface area contributed by atoms with Crippen LogP contribution < -0.4 is 5.32 Å². The highest BCUT2D eigenvalue weighted by Crippen LogP contribution is 2.18. The fourth-order valence-corrected chi connectivity index (χ4v) is 2.95. The van der Waals surface area contributed by atoms with Crippen molar-refractivity contribution >= 4 is 46.6 Å². The summed E-state index contributed by atoms with van der Waals surface area (Å²) in [6.07, 6.45) is -1.02. The third-order valence-electron chi connectivity index (χ3n) is 3.40. The van der Waals surface area contributed by atoms with Gasteiger partial charge in [-0.2, -0.15) is 0 Å². The second-order valence-corrected chi connectivity index (χ2v) is 6.97. The van der Waals surface area contributed by atoms with Gasteiger partial charge in [0, 0.05) is 28.6 Å². The van der Waals surface area contributed by atoms with E-state index in [-0.39, 0.29) is 17.1 Å². The number of halogens is 1. The average molecular weight is 409 g/mol. The van der Waals surface area contributed by atoms with Gasteiger partial charge in [-0.3, -0.25) is 19.7 Å². The number of ether oxygens (including phenoxy) is 1. The lowest BCUT2D eigenvalue weighted by atomic mass is 10.2. The average Bonchev–Trinajstić information content (AvgIpc) is 2.63. The minimum Gasteiger partial charge on any atom is -0.452 e. The van der Waals surface area contributed by atoms with Gasteiger partial charge in [-0.15, -0.1) is 11.8 Å². The Morgan fingerprint density at radius 2 is 1.96 bits per heavy atom. The van der Waals surface area contributed by atoms with E-state index < -0.39 is 22.9 Å². The molecule has 0 aliphatic carbocycles. The van der Waals surface area contributed by atoms with E-state index in [0.29, 0.717) is 10.8 Å². The van der Waals surface area contributed by atoms with Crippen LogP contribution >= 0.6 is 23.4 Å². The van der Waals surface area contributed by atoms with Crippen molar-refractivity contribution in [3.63, 3.8) is 0 Å². The lowest BCUT2D eigenvalue weighted by molar-refractivity contribution is -0.384. The van der Waals surface area contributed by atoms with Crippen molar-refractivity contribution in [2.24, 2.45) is 0 Å². The van der Waals surface area contributed by atoms with Crippen LogP contribution in [0.4, 0.5) is 11.4 Å². The summed E-state index contributed by atoms with van der Waals surface area (Å²) in [5, 5.41) is 13.9. The number of anilines is 1. The molecule has 0 unspecified atom stereocenters. The van der Waals surface area contributed by atoms with Gasteiger partial charge in [-0.05, 0) is 30.7 Å². The number of carbonyl (C=O) groups is 2. The van der Waals surface area contributed by atoms with Crippen molar-refractivity contribution in [2.45, 2.75) is 18.8 Å². The van der Waals surface area contributed by atoms with E-state index in [1.165, 1.54) is 43.0 Å². The number of thioether (sulfide) groups is 1. The van der Waals surface area contributed by atoms with Crippen LogP contribution in [0.3, 0.4) is 0 Å². The quantitative estimate of drug-likeness (QED) is 0.402. The summed E-state index contributed by atoms with van der Waals surface area (Å²) in [6.45, 7) is 1.44. The van der Waals surface area contributed by atoms with Gasteiger partial charge < -0.3 is 10.1 Å². The standard InChI is InChI=1S/C18H17ClN2O5S/c1-12(18(23)20-15-3-2-4-16(9-15)21(24)25)26-17(22)11-27-10-13-5-7-14(19)8-6-13/h2-9,12H,10-11H2,1H3,(H,20,23)/t12-/m0/s1. The first-order valence-corrected chi connectivity index (χ1v) is 9.45. The van der Waals surface area contributed by atoms with Crippen LogP contribution in [-0.2, 0) is 20.1 Å². The highest BCUT2D eigenvalue weighted by atomic mass is 35.5. The molecule has 142 valence electrons. The van der Waals surface area contributed by atoms with E-state index in [9.17, 15) is 19.7 Å². The second-order valence-electron chi connectivity index (χ2n) is 5.55. The van der Waals surface area contributed by atoms with Gasteiger partial charge in [-0.1, -0.05) is 29.8 Å². The van der Waals surface area contributed by atoms with Crippen molar-refractivity contribution in [1.29, 1.82) is 0 Å². The molecule has 0 aromatic heterocycles. The highest BCUT2D eigenvalue weighted by molar-refractivity contribution is 7.99. The molecule has 9 heteroatoms. The molecular weight excluding hydrogens is 392 g/mol. The second kappa shape index (κ2) is 9.94. The van der Waals surface area contributed by atoms with Crippen molar-refractivity contribution in [2.75, 3.05) is 11.1 Å². The molecule has 7 nitrogen and oxygen atoms in total. The number of nitrogens with zero attached hydrogens (tertiary/aromatic N) is 1. The summed E-state index contributed by atoms with van der Waals surface area (Å²) >= 11 is 7.17. The van der Waals surface area contributed by atoms with Crippen LogP contribution in [0.1, 0.15) is 12.5 Å². The van der Waals surface area contributed by atoms with Gasteiger partial charge in [0.15, 0.2) is 6.10 Å². The monoisotopic (exact) mass is 408 g/mol. The number of carbonyl (C=O) groups excluding carboxylic acids is 2. The maximum Gasteiger partial charge on any atom is 0.316 e. The minimum absolute atomic E-state index is 0.0943. The number of nitrogens with one attached hydrogen (secondary N) is 1. The van der Waals surface area contributed by atoms with Gasteiger partial charge in [0.1, 0.15) is 0 Å². The van der Waals surface area contributed by atoms with Crippen molar-refractivity contribution in [3.05, 3.63) is 69.2 Å². The van der Waals surface area contributed by atoms with E-state index >= 15 is 0 Å². The molecule has 2 aromatic carbocycles. The number of rotatable bonds is 8. The zero-order valence-electron chi connectivity index (χ0n) is 14.4. The van der Waals surface area contributed by atoms with Crippen LogP contribution in [-0.4, -0.2) is 28.7 Å². The number of benzene rings is 2. The zero-order chi connectivity index (χ0) is 19.8. The summed E-state index contributed by atoms with van der Waals surface area (Å²) in [7, 11) is 0. The molecule has 0 radical (unpaired) electrons. The van der Waals surface area contributed by atoms with Gasteiger partial charge in [0.25, 0.3) is 11.6 Å². The lowest BCUT2D eigenvalue weighted by Gasteiger charge is -2.13. The summed E-state index contributed by atoms with van der Waals surface area (Å²) in [5.41, 5.74) is 1.14. The van der Waals surface area contributed by atoms with Gasteiger partial charge in [-0.25, -0.2) is 0 Å². The number of hydrogen-bond acceptors (Lipinski definition) is 6. The molecule has 0 aliphatic heterocycles. The number of non-ortho nitro benzene ring substituents is 1. The summed E-state index contributed by atoms with van der Waals surface area (Å²) in [6, 6.07) is 12.8. The molecule has 1 N–H and O–H groups in total. The first kappa shape index (κ1) is 20.7. The van der Waals surface area contributed by atoms with E-state index in [1.54, 1.807) is 12.1 Å². The Hall–Kier alpha value is -2.58. The molecule has 0 saturated heterocycles. The summed E-state index contributed by atoms with van der Waals surface area (Å²) < 4.78 is 5.09. The molecule has 2 aromatic rings. The normalized spacial score (nSPS) is 11.5. The Morgan fingerprint density at radius 1 is 1.26 bits per heavy atom. The third-order valence-corrected chi connectivity index (χ3v) is 4.63. The largest absolute Gasteiger partial charge is 0.452 e. The topological polar surface area (TPSA) is 98.5 Å². The van der Waals surface area contributed by atoms with Crippen molar-refractivity contribution in [3.8, 4) is 0 Å². The fraction of sp³-hybridized carbons (Fsp3) is 0.222. The van der Waals surface area contributed by atoms with Crippen LogP contribution in [0.25, 0.3) is 0 Å². The first-order valence-electron chi connectivity index (χ1n) is 7.92. The smallest absolute Gasteiger partial charge is 0.316 e. The van der Waals surface area contributed by atoms with E-state index in [0.717, 1.165) is 5.56 Å². The Bertz CT molecular complexity index is 829. The maximum atomic E-state index is 12.1. The first-order chi connectivity index (χ1) is 12.8. The van der Waals surface area contributed by atoms with Crippen LogP contribution in [0.2, 0.25) is 5.02 Å². The van der Waals surface area contributed by atoms with E-state index in [4.69, 9.17) is 16.3 Å². The summed E-state index contributed by atoms with van der Waals surface area (Å²) in [5.74, 6) is -0.375. The molecule has 2 rings (SSSR count). The molecule has 0 fully saturated rings. The number of amides is 1. The number of nitro groups is 1. The van der Waals surface area contributed by atoms with Gasteiger partial charge in [0.05, 0.1) is 10.7 Å². The van der Waals surface area contributed by atoms with E-state index in [2.05, 4.69) is 5.32 Å². The molecule has 0 saturated carbocycles. The Kier molecular flexibility index (Phi) is 7.63.